The molecule has 0 saturated carbocycles. The van der Waals surface area contributed by atoms with Crippen molar-refractivity contribution in [1.29, 1.82) is 0 Å². The lowest BCUT2D eigenvalue weighted by molar-refractivity contribution is -0.137. The topological polar surface area (TPSA) is 40.5 Å². The van der Waals surface area contributed by atoms with Crippen LogP contribution < -0.4 is 0 Å². The maximum absolute atomic E-state index is 10.5. The van der Waals surface area contributed by atoms with Gasteiger partial charge >= 0.3 is 5.97 Å². The maximum atomic E-state index is 10.5. The molecular weight excluding hydrogens is 250 g/mol. The lowest BCUT2D eigenvalue weighted by Gasteiger charge is -2.26. The van der Waals surface area contributed by atoms with Gasteiger partial charge in [-0.3, -0.25) is 4.79 Å². The third-order valence-electron chi connectivity index (χ3n) is 3.57. The molecule has 0 aliphatic heterocycles. The van der Waals surface area contributed by atoms with Gasteiger partial charge in [-0.25, -0.2) is 0 Å². The fourth-order valence-corrected chi connectivity index (χ4v) is 2.35. The summed E-state index contributed by atoms with van der Waals surface area (Å²) in [4.78, 5) is 12.9. The van der Waals surface area contributed by atoms with Crippen molar-refractivity contribution in [3.63, 3.8) is 0 Å². The molecule has 1 aromatic rings. The summed E-state index contributed by atoms with van der Waals surface area (Å²) in [7, 11) is 0. The number of carbonyl (C=O) groups is 1. The van der Waals surface area contributed by atoms with E-state index in [0.29, 0.717) is 6.04 Å². The second kappa shape index (κ2) is 9.54. The van der Waals surface area contributed by atoms with Crippen molar-refractivity contribution in [3.05, 3.63) is 35.9 Å². The molecule has 0 unspecified atom stereocenters. The zero-order chi connectivity index (χ0) is 14.8. The standard InChI is InChI=1S/C17H27NO2/c1-15(2)18(14-8-12-17(19)20)13-7-6-11-16-9-4-3-5-10-16/h3-5,9-10,15H,6-8,11-14H2,1-2H3,(H,19,20). The van der Waals surface area contributed by atoms with E-state index < -0.39 is 5.97 Å². The smallest absolute Gasteiger partial charge is 0.303 e. The van der Waals surface area contributed by atoms with E-state index in [1.54, 1.807) is 0 Å². The molecule has 112 valence electrons. The predicted octanol–water partition coefficient (Wildman–Crippen LogP) is 3.58. The van der Waals surface area contributed by atoms with Gasteiger partial charge in [-0.05, 0) is 58.2 Å². The number of benzene rings is 1. The van der Waals surface area contributed by atoms with Gasteiger partial charge in [0.2, 0.25) is 0 Å². The van der Waals surface area contributed by atoms with Crippen LogP contribution in [0.4, 0.5) is 0 Å². The van der Waals surface area contributed by atoms with Crippen molar-refractivity contribution in [3.8, 4) is 0 Å². The summed E-state index contributed by atoms with van der Waals surface area (Å²) < 4.78 is 0. The summed E-state index contributed by atoms with van der Waals surface area (Å²) in [6.45, 7) is 6.30. The number of aliphatic carboxylic acids is 1. The zero-order valence-electron chi connectivity index (χ0n) is 12.7. The van der Waals surface area contributed by atoms with Crippen LogP contribution in [0.25, 0.3) is 0 Å². The molecule has 0 spiro atoms. The maximum Gasteiger partial charge on any atom is 0.303 e. The van der Waals surface area contributed by atoms with Gasteiger partial charge in [0.15, 0.2) is 0 Å². The van der Waals surface area contributed by atoms with Gasteiger partial charge in [0.1, 0.15) is 0 Å². The zero-order valence-corrected chi connectivity index (χ0v) is 12.7. The summed E-state index contributed by atoms with van der Waals surface area (Å²) >= 11 is 0. The van der Waals surface area contributed by atoms with Crippen LogP contribution in [0.15, 0.2) is 30.3 Å². The Morgan fingerprint density at radius 1 is 1.10 bits per heavy atom. The minimum atomic E-state index is -0.696. The average molecular weight is 277 g/mol. The second-order valence-electron chi connectivity index (χ2n) is 5.57. The number of rotatable bonds is 10. The van der Waals surface area contributed by atoms with Crippen molar-refractivity contribution < 1.29 is 9.90 Å². The second-order valence-corrected chi connectivity index (χ2v) is 5.57. The average Bonchev–Trinajstić information content (AvgIpc) is 2.42. The fraction of sp³-hybridized carbons (Fsp3) is 0.588. The Balaban J connectivity index is 2.20. The van der Waals surface area contributed by atoms with Crippen LogP contribution in [0, 0.1) is 0 Å². The van der Waals surface area contributed by atoms with E-state index in [0.717, 1.165) is 25.9 Å². The predicted molar refractivity (Wildman–Crippen MR) is 83.0 cm³/mol. The van der Waals surface area contributed by atoms with Gasteiger partial charge < -0.3 is 10.0 Å². The van der Waals surface area contributed by atoms with Crippen LogP contribution in [-0.4, -0.2) is 35.1 Å². The van der Waals surface area contributed by atoms with Gasteiger partial charge in [-0.1, -0.05) is 30.3 Å². The van der Waals surface area contributed by atoms with Crippen molar-refractivity contribution >= 4 is 5.97 Å². The summed E-state index contributed by atoms with van der Waals surface area (Å²) in [5.74, 6) is -0.696. The summed E-state index contributed by atoms with van der Waals surface area (Å²) in [5.41, 5.74) is 1.40. The first-order chi connectivity index (χ1) is 9.59. The van der Waals surface area contributed by atoms with Crippen molar-refractivity contribution in [2.75, 3.05) is 13.1 Å². The summed E-state index contributed by atoms with van der Waals surface area (Å²) in [6, 6.07) is 11.1. The Morgan fingerprint density at radius 3 is 2.35 bits per heavy atom. The highest BCUT2D eigenvalue weighted by atomic mass is 16.4. The molecule has 0 heterocycles. The van der Waals surface area contributed by atoms with E-state index in [4.69, 9.17) is 5.11 Å². The molecule has 0 atom stereocenters. The first kappa shape index (κ1) is 16.7. The number of hydrogen-bond acceptors (Lipinski definition) is 2. The molecule has 0 bridgehead atoms. The van der Waals surface area contributed by atoms with Crippen LogP contribution in [0.1, 0.15) is 45.1 Å². The normalized spacial score (nSPS) is 11.2. The first-order valence-electron chi connectivity index (χ1n) is 7.59. The lowest BCUT2D eigenvalue weighted by atomic mass is 10.1. The third-order valence-corrected chi connectivity index (χ3v) is 3.57. The minimum absolute atomic E-state index is 0.271. The highest BCUT2D eigenvalue weighted by Gasteiger charge is 2.09. The van der Waals surface area contributed by atoms with E-state index in [2.05, 4.69) is 43.0 Å². The van der Waals surface area contributed by atoms with Gasteiger partial charge in [-0.15, -0.1) is 0 Å². The molecule has 0 aromatic heterocycles. The molecule has 1 N–H and O–H groups in total. The van der Waals surface area contributed by atoms with Crippen LogP contribution in [-0.2, 0) is 11.2 Å². The Kier molecular flexibility index (Phi) is 7.97. The molecule has 3 nitrogen and oxygen atoms in total. The molecule has 3 heteroatoms. The Hall–Kier alpha value is -1.35. The molecule has 1 rings (SSSR count). The van der Waals surface area contributed by atoms with Gasteiger partial charge in [0.25, 0.3) is 0 Å². The molecule has 20 heavy (non-hydrogen) atoms. The van der Waals surface area contributed by atoms with Gasteiger partial charge in [0, 0.05) is 12.5 Å². The molecule has 0 aliphatic rings. The minimum Gasteiger partial charge on any atom is -0.481 e. The van der Waals surface area contributed by atoms with Crippen molar-refractivity contribution in [2.45, 2.75) is 52.0 Å². The van der Waals surface area contributed by atoms with Crippen LogP contribution in [0.5, 0.6) is 0 Å². The highest BCUT2D eigenvalue weighted by Crippen LogP contribution is 2.08. The number of aryl methyl sites for hydroxylation is 1. The van der Waals surface area contributed by atoms with E-state index in [9.17, 15) is 4.79 Å². The van der Waals surface area contributed by atoms with Gasteiger partial charge in [-0.2, -0.15) is 0 Å². The SMILES string of the molecule is CC(C)N(CCCCc1ccccc1)CCCC(=O)O. The largest absolute Gasteiger partial charge is 0.481 e. The van der Waals surface area contributed by atoms with Crippen molar-refractivity contribution in [1.82, 2.24) is 4.90 Å². The third kappa shape index (κ3) is 7.29. The number of hydrogen-bond donors (Lipinski definition) is 1. The summed E-state index contributed by atoms with van der Waals surface area (Å²) in [6.07, 6.45) is 4.49. The molecule has 0 saturated heterocycles. The molecule has 1 aromatic carbocycles. The Labute approximate surface area is 122 Å². The van der Waals surface area contributed by atoms with E-state index in [-0.39, 0.29) is 6.42 Å². The monoisotopic (exact) mass is 277 g/mol. The van der Waals surface area contributed by atoms with E-state index in [1.165, 1.54) is 18.4 Å². The Bertz CT molecular complexity index is 376. The lowest BCUT2D eigenvalue weighted by Crippen LogP contribution is -2.33. The fourth-order valence-electron chi connectivity index (χ4n) is 2.35. The molecule has 0 amide bonds. The Morgan fingerprint density at radius 2 is 1.75 bits per heavy atom. The van der Waals surface area contributed by atoms with E-state index >= 15 is 0 Å². The molecular formula is C17H27NO2. The van der Waals surface area contributed by atoms with Crippen LogP contribution in [0.2, 0.25) is 0 Å². The van der Waals surface area contributed by atoms with Crippen LogP contribution >= 0.6 is 0 Å². The van der Waals surface area contributed by atoms with Gasteiger partial charge in [0.05, 0.1) is 0 Å². The quantitative estimate of drug-likeness (QED) is 0.664. The number of unbranched alkanes of at least 4 members (excludes halogenated alkanes) is 1. The van der Waals surface area contributed by atoms with E-state index in [1.807, 2.05) is 6.07 Å². The molecule has 0 aliphatic carbocycles. The van der Waals surface area contributed by atoms with Crippen molar-refractivity contribution in [2.24, 2.45) is 0 Å². The first-order valence-corrected chi connectivity index (χ1v) is 7.59. The highest BCUT2D eigenvalue weighted by molar-refractivity contribution is 5.66. The van der Waals surface area contributed by atoms with Crippen LogP contribution in [0.3, 0.4) is 0 Å². The number of nitrogens with zero attached hydrogens (tertiary/aromatic N) is 1. The molecule has 0 radical (unpaired) electrons. The summed E-state index contributed by atoms with van der Waals surface area (Å²) in [5, 5.41) is 8.69. The number of carboxylic acid groups (broad SMARTS) is 1. The molecule has 0 fully saturated rings. The number of carboxylic acids is 1.